The summed E-state index contributed by atoms with van der Waals surface area (Å²) in [6.45, 7) is 13.4. The maximum absolute atomic E-state index is 13.6. The summed E-state index contributed by atoms with van der Waals surface area (Å²) in [4.78, 5) is 62.1. The maximum atomic E-state index is 13.6. The fourth-order valence-electron chi connectivity index (χ4n) is 10.4. The van der Waals surface area contributed by atoms with Crippen LogP contribution in [0.15, 0.2) is 77.6 Å². The molecule has 3 N–H and O–H groups in total. The van der Waals surface area contributed by atoms with Crippen molar-refractivity contribution in [1.29, 1.82) is 0 Å². The summed E-state index contributed by atoms with van der Waals surface area (Å²) < 4.78 is 5.75. The zero-order valence-electron chi connectivity index (χ0n) is 37.0. The highest BCUT2D eigenvalue weighted by atomic mass is 16.5. The van der Waals surface area contributed by atoms with E-state index >= 15 is 0 Å². The predicted molar refractivity (Wildman–Crippen MR) is 248 cm³/mol. The number of amides is 3. The first-order chi connectivity index (χ1) is 31.3. The summed E-state index contributed by atoms with van der Waals surface area (Å²) in [7, 11) is 0. The van der Waals surface area contributed by atoms with Crippen molar-refractivity contribution in [3.8, 4) is 5.88 Å². The molecule has 2 aromatic carbocycles. The first-order valence-electron chi connectivity index (χ1n) is 23.1. The van der Waals surface area contributed by atoms with Crippen LogP contribution in [0.2, 0.25) is 0 Å². The van der Waals surface area contributed by atoms with Crippen LogP contribution in [-0.4, -0.2) is 114 Å². The molecule has 3 fully saturated rings. The lowest BCUT2D eigenvalue weighted by atomic mass is 9.78. The number of allylic oxidation sites excluding steroid dienone is 2. The normalized spacial score (nSPS) is 21.2. The van der Waals surface area contributed by atoms with Gasteiger partial charge in [-0.3, -0.25) is 34.5 Å². The molecule has 14 nitrogen and oxygen atoms in total. The van der Waals surface area contributed by atoms with Gasteiger partial charge in [-0.1, -0.05) is 42.5 Å². The standard InChI is InChI=1S/C50H58N10O4/c1-3-36-27-41-38(5-4-6-39(41)48(54-36)40-12-14-45(61)56-49(40)63)34-15-19-57(20-16-34)31-46(62)59-24-22-58(23-25-59)29-33-7-10-37(11-8-33)53-44-13-9-35-17-21-60(30-42(35)55-44)43-28-52-50-47(32(43)2)51-18-26-64-50/h3-11,13,28,34,40,51H,12,14-27,29-31H2,1-2H3,(H,53,55)(H,56,61,63). The van der Waals surface area contributed by atoms with E-state index < -0.39 is 5.92 Å². The van der Waals surface area contributed by atoms with Crippen LogP contribution in [0.1, 0.15) is 77.6 Å². The van der Waals surface area contributed by atoms with Crippen molar-refractivity contribution in [3.05, 3.63) is 112 Å². The molecule has 3 saturated heterocycles. The monoisotopic (exact) mass is 862 g/mol. The Labute approximate surface area is 375 Å². The van der Waals surface area contributed by atoms with Gasteiger partial charge in [0.05, 0.1) is 42.3 Å². The third kappa shape index (κ3) is 8.73. The summed E-state index contributed by atoms with van der Waals surface area (Å²) >= 11 is 0. The number of aliphatic imine (C=N–C) groups is 1. The van der Waals surface area contributed by atoms with Gasteiger partial charge in [0, 0.05) is 81.2 Å². The van der Waals surface area contributed by atoms with Gasteiger partial charge >= 0.3 is 0 Å². The first-order valence-corrected chi connectivity index (χ1v) is 23.1. The summed E-state index contributed by atoms with van der Waals surface area (Å²) in [5.74, 6) is 1.23. The number of ether oxygens (including phenoxy) is 1. The average Bonchev–Trinajstić information content (AvgIpc) is 3.32. The topological polar surface area (TPSA) is 148 Å². The number of aromatic nitrogens is 2. The van der Waals surface area contributed by atoms with Crippen molar-refractivity contribution in [3.63, 3.8) is 0 Å². The summed E-state index contributed by atoms with van der Waals surface area (Å²) in [6.07, 6.45) is 8.41. The molecule has 0 saturated carbocycles. The Balaban J connectivity index is 0.684. The van der Waals surface area contributed by atoms with Crippen molar-refractivity contribution in [2.45, 2.75) is 71.4 Å². The zero-order valence-corrected chi connectivity index (χ0v) is 37.0. The van der Waals surface area contributed by atoms with E-state index in [1.807, 2.05) is 24.1 Å². The number of pyridine rings is 2. The van der Waals surface area contributed by atoms with Gasteiger partial charge in [-0.25, -0.2) is 9.97 Å². The zero-order chi connectivity index (χ0) is 43.7. The fraction of sp³-hybridized carbons (Fsp3) is 0.440. The Morgan fingerprint density at radius 2 is 1.77 bits per heavy atom. The van der Waals surface area contributed by atoms with Gasteiger partial charge in [-0.2, -0.15) is 0 Å². The minimum Gasteiger partial charge on any atom is -0.474 e. The Morgan fingerprint density at radius 1 is 0.938 bits per heavy atom. The third-order valence-electron chi connectivity index (χ3n) is 14.1. The van der Waals surface area contributed by atoms with E-state index in [4.69, 9.17) is 14.7 Å². The van der Waals surface area contributed by atoms with Gasteiger partial charge in [-0.15, -0.1) is 0 Å². The van der Waals surface area contributed by atoms with Gasteiger partial charge in [0.25, 0.3) is 0 Å². The molecule has 0 bridgehead atoms. The summed E-state index contributed by atoms with van der Waals surface area (Å²) in [6, 6.07) is 19.3. The van der Waals surface area contributed by atoms with Crippen LogP contribution in [-0.2, 0) is 40.3 Å². The molecule has 3 amide bonds. The molecular weight excluding hydrogens is 805 g/mol. The second-order valence-corrected chi connectivity index (χ2v) is 18.1. The molecule has 8 heterocycles. The van der Waals surface area contributed by atoms with Gasteiger partial charge in [0.1, 0.15) is 18.1 Å². The SMILES string of the molecule is CC=C1Cc2c(cccc2C2CCN(CC(=O)N3CCN(Cc4ccc(Nc5ccc6c(n5)CN(c5cnc7c(c5C)NCCO7)CC6)cc4)CC3)CC2)C(C2CCC(=O)NC2=O)=N1. The number of nitrogens with one attached hydrogen (secondary N) is 3. The van der Waals surface area contributed by atoms with Gasteiger partial charge in [0.2, 0.25) is 23.6 Å². The molecule has 1 atom stereocenters. The van der Waals surface area contributed by atoms with Gasteiger partial charge in [-0.05, 0) is 99.0 Å². The number of piperazine rings is 1. The smallest absolute Gasteiger partial charge is 0.237 e. The highest BCUT2D eigenvalue weighted by Crippen LogP contribution is 2.38. The van der Waals surface area contributed by atoms with Crippen LogP contribution in [0.5, 0.6) is 5.88 Å². The molecule has 6 aliphatic heterocycles. The Bertz CT molecular complexity index is 2500. The number of carbonyl (C=O) groups excluding carboxylic acids is 3. The number of likely N-dealkylation sites (tertiary alicyclic amines) is 1. The van der Waals surface area contributed by atoms with Crippen molar-refractivity contribution in [2.24, 2.45) is 10.9 Å². The van der Waals surface area contributed by atoms with Crippen molar-refractivity contribution in [1.82, 2.24) is 30.0 Å². The number of anilines is 4. The second-order valence-electron chi connectivity index (χ2n) is 18.1. The maximum Gasteiger partial charge on any atom is 0.237 e. The van der Waals surface area contributed by atoms with Crippen molar-refractivity contribution < 1.29 is 19.1 Å². The molecule has 332 valence electrons. The molecule has 0 radical (unpaired) electrons. The van der Waals surface area contributed by atoms with Gasteiger partial charge < -0.3 is 25.2 Å². The lowest BCUT2D eigenvalue weighted by Crippen LogP contribution is -2.51. The summed E-state index contributed by atoms with van der Waals surface area (Å²) in [5, 5.41) is 9.51. The van der Waals surface area contributed by atoms with E-state index in [1.165, 1.54) is 22.3 Å². The molecule has 10 rings (SSSR count). The Kier molecular flexibility index (Phi) is 11.9. The number of carbonyl (C=O) groups is 3. The summed E-state index contributed by atoms with van der Waals surface area (Å²) in [5.41, 5.74) is 13.3. The lowest BCUT2D eigenvalue weighted by molar-refractivity contribution is -0.135. The number of benzene rings is 2. The molecule has 2 aromatic heterocycles. The molecule has 1 unspecified atom stereocenters. The third-order valence-corrected chi connectivity index (χ3v) is 14.1. The molecule has 64 heavy (non-hydrogen) atoms. The molecule has 4 aromatic rings. The Morgan fingerprint density at radius 3 is 2.56 bits per heavy atom. The molecule has 0 spiro atoms. The fourth-order valence-corrected chi connectivity index (χ4v) is 10.4. The van der Waals surface area contributed by atoms with E-state index in [-0.39, 0.29) is 17.7 Å². The quantitative estimate of drug-likeness (QED) is 0.178. The number of piperidine rings is 2. The molecule has 6 aliphatic rings. The number of nitrogens with zero attached hydrogens (tertiary/aromatic N) is 7. The second kappa shape index (κ2) is 18.2. The van der Waals surface area contributed by atoms with E-state index in [2.05, 4.69) is 97.2 Å². The largest absolute Gasteiger partial charge is 0.474 e. The van der Waals surface area contributed by atoms with Crippen LogP contribution in [0, 0.1) is 12.8 Å². The number of hydrogen-bond acceptors (Lipinski definition) is 12. The Hall–Kier alpha value is -6.12. The van der Waals surface area contributed by atoms with Gasteiger partial charge in [0.15, 0.2) is 0 Å². The predicted octanol–water partition coefficient (Wildman–Crippen LogP) is 5.72. The van der Waals surface area contributed by atoms with E-state index in [0.717, 1.165) is 142 Å². The number of imide groups is 1. The number of fused-ring (bicyclic) bond motifs is 3. The lowest BCUT2D eigenvalue weighted by Gasteiger charge is -2.37. The van der Waals surface area contributed by atoms with Crippen molar-refractivity contribution >= 4 is 46.3 Å². The van der Waals surface area contributed by atoms with E-state index in [9.17, 15) is 14.4 Å². The number of rotatable bonds is 9. The van der Waals surface area contributed by atoms with Crippen LogP contribution in [0.4, 0.5) is 22.9 Å². The minimum absolute atomic E-state index is 0.213. The average molecular weight is 863 g/mol. The highest BCUT2D eigenvalue weighted by molar-refractivity contribution is 6.18. The van der Waals surface area contributed by atoms with Crippen molar-refractivity contribution in [2.75, 3.05) is 81.0 Å². The first kappa shape index (κ1) is 41.9. The van der Waals surface area contributed by atoms with Crippen LogP contribution in [0.25, 0.3) is 0 Å². The van der Waals surface area contributed by atoms with Crippen LogP contribution >= 0.6 is 0 Å². The minimum atomic E-state index is -0.423. The van der Waals surface area contributed by atoms with Crippen LogP contribution < -0.4 is 25.6 Å². The molecule has 0 aliphatic carbocycles. The molecule has 14 heteroatoms. The van der Waals surface area contributed by atoms with E-state index in [1.54, 1.807) is 0 Å². The number of hydrogen-bond donors (Lipinski definition) is 3. The van der Waals surface area contributed by atoms with Crippen LogP contribution in [0.3, 0.4) is 0 Å². The van der Waals surface area contributed by atoms with E-state index in [0.29, 0.717) is 37.8 Å². The highest BCUT2D eigenvalue weighted by Gasteiger charge is 2.36. The molecular formula is C50H58N10O4.